The standard InChI is InChI=1S/C17H25FN2O2/c1-12-7-9-20(10-8-12)16(21)11-19-13(2)17-14(18)5-4-6-15(17)22-3/h4-6,12-13,19H,7-11H2,1-3H3. The van der Waals surface area contributed by atoms with Crippen molar-refractivity contribution in [3.8, 4) is 5.75 Å². The van der Waals surface area contributed by atoms with Gasteiger partial charge in [-0.15, -0.1) is 0 Å². The van der Waals surface area contributed by atoms with Gasteiger partial charge in [0.05, 0.1) is 13.7 Å². The molecule has 1 unspecified atom stereocenters. The number of nitrogens with zero attached hydrogens (tertiary/aromatic N) is 1. The highest BCUT2D eigenvalue weighted by molar-refractivity contribution is 5.78. The zero-order valence-electron chi connectivity index (χ0n) is 13.6. The van der Waals surface area contributed by atoms with Crippen LogP contribution in [0.5, 0.6) is 5.75 Å². The zero-order valence-corrected chi connectivity index (χ0v) is 13.6. The number of amides is 1. The number of likely N-dealkylation sites (tertiary alicyclic amines) is 1. The molecule has 0 aliphatic carbocycles. The van der Waals surface area contributed by atoms with E-state index in [0.29, 0.717) is 17.2 Å². The number of carbonyl (C=O) groups excluding carboxylic acids is 1. The Bertz CT molecular complexity index is 513. The monoisotopic (exact) mass is 308 g/mol. The van der Waals surface area contributed by atoms with Crippen LogP contribution in [-0.2, 0) is 4.79 Å². The molecule has 1 atom stereocenters. The Hall–Kier alpha value is -1.62. The SMILES string of the molecule is COc1cccc(F)c1C(C)NCC(=O)N1CCC(C)CC1. The topological polar surface area (TPSA) is 41.6 Å². The Morgan fingerprint density at radius 2 is 2.14 bits per heavy atom. The van der Waals surface area contributed by atoms with Crippen LogP contribution in [0.15, 0.2) is 18.2 Å². The maximum absolute atomic E-state index is 14.0. The van der Waals surface area contributed by atoms with Crippen LogP contribution in [0.25, 0.3) is 0 Å². The van der Waals surface area contributed by atoms with Crippen LogP contribution in [0.4, 0.5) is 4.39 Å². The lowest BCUT2D eigenvalue weighted by Gasteiger charge is -2.31. The van der Waals surface area contributed by atoms with Gasteiger partial charge in [0.2, 0.25) is 5.91 Å². The molecule has 1 aliphatic heterocycles. The molecule has 4 nitrogen and oxygen atoms in total. The first-order valence-electron chi connectivity index (χ1n) is 7.86. The Balaban J connectivity index is 1.93. The minimum Gasteiger partial charge on any atom is -0.496 e. The molecule has 1 fully saturated rings. The third-order valence-corrected chi connectivity index (χ3v) is 4.36. The van der Waals surface area contributed by atoms with Gasteiger partial charge in [-0.2, -0.15) is 0 Å². The molecule has 1 aromatic rings. The van der Waals surface area contributed by atoms with E-state index >= 15 is 0 Å². The van der Waals surface area contributed by atoms with E-state index in [1.807, 2.05) is 11.8 Å². The quantitative estimate of drug-likeness (QED) is 0.909. The van der Waals surface area contributed by atoms with Crippen LogP contribution in [0.2, 0.25) is 0 Å². The average Bonchev–Trinajstić information content (AvgIpc) is 2.52. The molecule has 1 amide bonds. The number of hydrogen-bond donors (Lipinski definition) is 1. The van der Waals surface area contributed by atoms with Gasteiger partial charge in [0.1, 0.15) is 11.6 Å². The van der Waals surface area contributed by atoms with Gasteiger partial charge in [0.25, 0.3) is 0 Å². The van der Waals surface area contributed by atoms with E-state index in [0.717, 1.165) is 25.9 Å². The van der Waals surface area contributed by atoms with Crippen LogP contribution in [0, 0.1) is 11.7 Å². The fourth-order valence-electron chi connectivity index (χ4n) is 2.83. The van der Waals surface area contributed by atoms with Crippen molar-refractivity contribution in [2.24, 2.45) is 5.92 Å². The Morgan fingerprint density at radius 1 is 1.45 bits per heavy atom. The van der Waals surface area contributed by atoms with Crippen LogP contribution >= 0.6 is 0 Å². The second kappa shape index (κ2) is 7.58. The molecule has 122 valence electrons. The summed E-state index contributed by atoms with van der Waals surface area (Å²) in [7, 11) is 1.52. The third kappa shape index (κ3) is 3.97. The Morgan fingerprint density at radius 3 is 2.77 bits per heavy atom. The van der Waals surface area contributed by atoms with Crippen molar-refractivity contribution in [3.63, 3.8) is 0 Å². The number of piperidine rings is 1. The predicted molar refractivity (Wildman–Crippen MR) is 84.3 cm³/mol. The molecule has 22 heavy (non-hydrogen) atoms. The molecular formula is C17H25FN2O2. The van der Waals surface area contributed by atoms with Crippen LogP contribution in [0.3, 0.4) is 0 Å². The summed E-state index contributed by atoms with van der Waals surface area (Å²) in [5, 5.41) is 3.11. The summed E-state index contributed by atoms with van der Waals surface area (Å²) in [6, 6.07) is 4.46. The highest BCUT2D eigenvalue weighted by atomic mass is 19.1. The maximum atomic E-state index is 14.0. The molecule has 0 saturated carbocycles. The number of hydrogen-bond acceptors (Lipinski definition) is 3. The smallest absolute Gasteiger partial charge is 0.236 e. The summed E-state index contributed by atoms with van der Waals surface area (Å²) >= 11 is 0. The molecular weight excluding hydrogens is 283 g/mol. The second-order valence-corrected chi connectivity index (χ2v) is 6.02. The molecule has 0 aromatic heterocycles. The summed E-state index contributed by atoms with van der Waals surface area (Å²) in [5.41, 5.74) is 0.463. The molecule has 1 aromatic carbocycles. The molecule has 0 spiro atoms. The van der Waals surface area contributed by atoms with Gasteiger partial charge >= 0.3 is 0 Å². The highest BCUT2D eigenvalue weighted by Crippen LogP contribution is 2.27. The zero-order chi connectivity index (χ0) is 16.1. The molecule has 0 radical (unpaired) electrons. The van der Waals surface area contributed by atoms with Gasteiger partial charge in [-0.3, -0.25) is 4.79 Å². The van der Waals surface area contributed by atoms with Gasteiger partial charge in [-0.1, -0.05) is 13.0 Å². The Kier molecular flexibility index (Phi) is 5.77. The van der Waals surface area contributed by atoms with Gasteiger partial charge in [0, 0.05) is 24.7 Å². The molecule has 1 saturated heterocycles. The summed E-state index contributed by atoms with van der Waals surface area (Å²) < 4.78 is 19.2. The van der Waals surface area contributed by atoms with Crippen molar-refractivity contribution in [1.29, 1.82) is 0 Å². The fraction of sp³-hybridized carbons (Fsp3) is 0.588. The number of methoxy groups -OCH3 is 1. The highest BCUT2D eigenvalue weighted by Gasteiger charge is 2.22. The molecule has 5 heteroatoms. The van der Waals surface area contributed by atoms with Crippen LogP contribution < -0.4 is 10.1 Å². The Labute approximate surface area is 131 Å². The number of ether oxygens (including phenoxy) is 1. The van der Waals surface area contributed by atoms with E-state index in [2.05, 4.69) is 12.2 Å². The number of rotatable bonds is 5. The lowest BCUT2D eigenvalue weighted by Crippen LogP contribution is -2.43. The first kappa shape index (κ1) is 16.7. The van der Waals surface area contributed by atoms with E-state index in [1.165, 1.54) is 13.2 Å². The lowest BCUT2D eigenvalue weighted by molar-refractivity contribution is -0.131. The minimum absolute atomic E-state index is 0.0778. The van der Waals surface area contributed by atoms with Gasteiger partial charge in [-0.25, -0.2) is 4.39 Å². The van der Waals surface area contributed by atoms with E-state index < -0.39 is 0 Å². The van der Waals surface area contributed by atoms with Crippen molar-refractivity contribution in [2.75, 3.05) is 26.7 Å². The van der Waals surface area contributed by atoms with E-state index in [-0.39, 0.29) is 24.3 Å². The second-order valence-electron chi connectivity index (χ2n) is 6.02. The van der Waals surface area contributed by atoms with Crippen molar-refractivity contribution in [3.05, 3.63) is 29.6 Å². The number of benzene rings is 1. The maximum Gasteiger partial charge on any atom is 0.236 e. The molecule has 1 heterocycles. The third-order valence-electron chi connectivity index (χ3n) is 4.36. The molecule has 0 bridgehead atoms. The molecule has 1 aliphatic rings. The summed E-state index contributed by atoms with van der Waals surface area (Å²) in [6.45, 7) is 5.91. The lowest BCUT2D eigenvalue weighted by atomic mass is 9.99. The van der Waals surface area contributed by atoms with E-state index in [4.69, 9.17) is 4.74 Å². The first-order valence-corrected chi connectivity index (χ1v) is 7.86. The number of nitrogens with one attached hydrogen (secondary N) is 1. The average molecular weight is 308 g/mol. The first-order chi connectivity index (χ1) is 10.5. The van der Waals surface area contributed by atoms with Crippen molar-refractivity contribution in [1.82, 2.24) is 10.2 Å². The van der Waals surface area contributed by atoms with Gasteiger partial charge in [0.15, 0.2) is 0 Å². The summed E-state index contributed by atoms with van der Waals surface area (Å²) in [6.07, 6.45) is 2.12. The van der Waals surface area contributed by atoms with Crippen LogP contribution in [-0.4, -0.2) is 37.6 Å². The fourth-order valence-corrected chi connectivity index (χ4v) is 2.83. The van der Waals surface area contributed by atoms with Crippen molar-refractivity contribution in [2.45, 2.75) is 32.7 Å². The van der Waals surface area contributed by atoms with Crippen LogP contribution in [0.1, 0.15) is 38.3 Å². The molecule has 2 rings (SSSR count). The van der Waals surface area contributed by atoms with Crippen molar-refractivity contribution < 1.29 is 13.9 Å². The minimum atomic E-state index is -0.321. The normalized spacial score (nSPS) is 17.4. The summed E-state index contributed by atoms with van der Waals surface area (Å²) in [5.74, 6) is 0.950. The van der Waals surface area contributed by atoms with Crippen molar-refractivity contribution >= 4 is 5.91 Å². The van der Waals surface area contributed by atoms with Gasteiger partial charge in [-0.05, 0) is 37.8 Å². The number of halogens is 1. The van der Waals surface area contributed by atoms with E-state index in [1.54, 1.807) is 12.1 Å². The van der Waals surface area contributed by atoms with Gasteiger partial charge < -0.3 is 15.0 Å². The predicted octanol–water partition coefficient (Wildman–Crippen LogP) is 2.74. The molecule has 1 N–H and O–H groups in total. The largest absolute Gasteiger partial charge is 0.496 e. The summed E-state index contributed by atoms with van der Waals surface area (Å²) in [4.78, 5) is 14.1. The number of carbonyl (C=O) groups is 1. The van der Waals surface area contributed by atoms with E-state index in [9.17, 15) is 9.18 Å².